The van der Waals surface area contributed by atoms with Gasteiger partial charge in [0.1, 0.15) is 5.82 Å². The minimum absolute atomic E-state index is 0.223. The summed E-state index contributed by atoms with van der Waals surface area (Å²) in [4.78, 5) is 18.6. The lowest BCUT2D eigenvalue weighted by molar-refractivity contribution is 0.459. The van der Waals surface area contributed by atoms with Gasteiger partial charge < -0.3 is 15.5 Å². The Labute approximate surface area is 114 Å². The molecule has 0 atom stereocenters. The van der Waals surface area contributed by atoms with Crippen molar-refractivity contribution in [3.8, 4) is 11.6 Å². The van der Waals surface area contributed by atoms with Gasteiger partial charge in [0.25, 0.3) is 5.56 Å². The van der Waals surface area contributed by atoms with Crippen LogP contribution in [0.5, 0.6) is 11.6 Å². The van der Waals surface area contributed by atoms with E-state index in [0.717, 1.165) is 12.8 Å². The van der Waals surface area contributed by atoms with Crippen molar-refractivity contribution in [3.05, 3.63) is 45.5 Å². The van der Waals surface area contributed by atoms with Crippen LogP contribution >= 0.6 is 11.6 Å². The van der Waals surface area contributed by atoms with Crippen LogP contribution in [0, 0.1) is 0 Å². The van der Waals surface area contributed by atoms with Crippen LogP contribution in [0.2, 0.25) is 5.02 Å². The number of nitrogens with two attached hydrogens (primary N) is 1. The Hall–Kier alpha value is -2.01. The molecule has 3 N–H and O–H groups in total. The van der Waals surface area contributed by atoms with Gasteiger partial charge in [-0.05, 0) is 31.0 Å². The van der Waals surface area contributed by atoms with Crippen molar-refractivity contribution >= 4 is 17.3 Å². The number of nitrogen functional groups attached to an aromatic ring is 1. The summed E-state index contributed by atoms with van der Waals surface area (Å²) in [5.41, 5.74) is 5.98. The Morgan fingerprint density at radius 1 is 1.37 bits per heavy atom. The molecule has 1 aromatic carbocycles. The van der Waals surface area contributed by atoms with E-state index in [0.29, 0.717) is 28.2 Å². The average molecular weight is 278 g/mol. The van der Waals surface area contributed by atoms with Gasteiger partial charge in [-0.1, -0.05) is 11.6 Å². The van der Waals surface area contributed by atoms with Gasteiger partial charge in [0.05, 0.1) is 11.8 Å². The SMILES string of the molecule is Nc1cc(Cl)ccc1Oc1cc(=O)[nH]c(C2CC2)n1. The van der Waals surface area contributed by atoms with Crippen molar-refractivity contribution in [1.82, 2.24) is 9.97 Å². The summed E-state index contributed by atoms with van der Waals surface area (Å²) in [6, 6.07) is 6.21. The largest absolute Gasteiger partial charge is 0.437 e. The normalized spacial score (nSPS) is 14.4. The van der Waals surface area contributed by atoms with E-state index in [1.165, 1.54) is 6.07 Å². The zero-order valence-corrected chi connectivity index (χ0v) is 10.8. The fraction of sp³-hybridized carbons (Fsp3) is 0.231. The molecule has 19 heavy (non-hydrogen) atoms. The maximum absolute atomic E-state index is 11.5. The highest BCUT2D eigenvalue weighted by atomic mass is 35.5. The lowest BCUT2D eigenvalue weighted by Crippen LogP contribution is -2.10. The van der Waals surface area contributed by atoms with Crippen LogP contribution in [0.4, 0.5) is 5.69 Å². The van der Waals surface area contributed by atoms with Crippen molar-refractivity contribution in [1.29, 1.82) is 0 Å². The van der Waals surface area contributed by atoms with E-state index >= 15 is 0 Å². The summed E-state index contributed by atoms with van der Waals surface area (Å²) in [6.45, 7) is 0. The molecule has 0 amide bonds. The third-order valence-corrected chi connectivity index (χ3v) is 3.12. The predicted molar refractivity (Wildman–Crippen MR) is 72.8 cm³/mol. The molecule has 0 radical (unpaired) electrons. The Morgan fingerprint density at radius 3 is 2.84 bits per heavy atom. The van der Waals surface area contributed by atoms with Crippen molar-refractivity contribution in [2.75, 3.05) is 5.73 Å². The first kappa shape index (κ1) is 12.0. The van der Waals surface area contributed by atoms with Crippen molar-refractivity contribution in [2.24, 2.45) is 0 Å². The predicted octanol–water partition coefficient (Wildman–Crippen LogP) is 2.68. The average Bonchev–Trinajstić information content (AvgIpc) is 3.16. The molecule has 0 aliphatic heterocycles. The molecule has 0 bridgehead atoms. The van der Waals surface area contributed by atoms with Gasteiger partial charge in [-0.3, -0.25) is 4.79 Å². The second kappa shape index (κ2) is 4.59. The van der Waals surface area contributed by atoms with Gasteiger partial charge in [-0.15, -0.1) is 0 Å². The first-order chi connectivity index (χ1) is 9.11. The van der Waals surface area contributed by atoms with Gasteiger partial charge in [0.15, 0.2) is 5.75 Å². The number of ether oxygens (including phenoxy) is 1. The number of hydrogen-bond acceptors (Lipinski definition) is 4. The molecular weight excluding hydrogens is 266 g/mol. The number of nitrogens with one attached hydrogen (secondary N) is 1. The molecule has 1 aliphatic carbocycles. The van der Waals surface area contributed by atoms with Crippen LogP contribution in [0.1, 0.15) is 24.6 Å². The quantitative estimate of drug-likeness (QED) is 0.845. The van der Waals surface area contributed by atoms with Crippen LogP contribution in [0.3, 0.4) is 0 Å². The summed E-state index contributed by atoms with van der Waals surface area (Å²) < 4.78 is 5.55. The first-order valence-electron chi connectivity index (χ1n) is 5.96. The fourth-order valence-electron chi connectivity index (χ4n) is 1.78. The molecule has 1 heterocycles. The lowest BCUT2D eigenvalue weighted by atomic mass is 10.3. The molecular formula is C13H12ClN3O2. The monoisotopic (exact) mass is 277 g/mol. The number of rotatable bonds is 3. The van der Waals surface area contributed by atoms with Crippen LogP contribution in [0.25, 0.3) is 0 Å². The smallest absolute Gasteiger partial charge is 0.254 e. The number of nitrogens with zero attached hydrogens (tertiary/aromatic N) is 1. The molecule has 3 rings (SSSR count). The highest BCUT2D eigenvalue weighted by Gasteiger charge is 2.26. The van der Waals surface area contributed by atoms with Gasteiger partial charge in [0, 0.05) is 10.9 Å². The number of aromatic amines is 1. The maximum atomic E-state index is 11.5. The highest BCUT2D eigenvalue weighted by Crippen LogP contribution is 2.38. The molecule has 2 aromatic rings. The van der Waals surface area contributed by atoms with Crippen LogP contribution in [0.15, 0.2) is 29.1 Å². The maximum Gasteiger partial charge on any atom is 0.254 e. The molecule has 1 saturated carbocycles. The van der Waals surface area contributed by atoms with E-state index in [2.05, 4.69) is 9.97 Å². The van der Waals surface area contributed by atoms with Crippen LogP contribution in [-0.2, 0) is 0 Å². The molecule has 0 saturated heterocycles. The molecule has 6 heteroatoms. The number of aromatic nitrogens is 2. The summed E-state index contributed by atoms with van der Waals surface area (Å²) in [6.07, 6.45) is 2.10. The topological polar surface area (TPSA) is 81.0 Å². The molecule has 0 spiro atoms. The molecule has 98 valence electrons. The Balaban J connectivity index is 1.92. The summed E-state index contributed by atoms with van der Waals surface area (Å²) >= 11 is 5.81. The van der Waals surface area contributed by atoms with Gasteiger partial charge in [-0.2, -0.15) is 4.98 Å². The number of benzene rings is 1. The summed E-state index contributed by atoms with van der Waals surface area (Å²) in [7, 11) is 0. The van der Waals surface area contributed by atoms with Crippen molar-refractivity contribution < 1.29 is 4.74 Å². The second-order valence-electron chi connectivity index (χ2n) is 4.53. The van der Waals surface area contributed by atoms with E-state index < -0.39 is 0 Å². The van der Waals surface area contributed by atoms with Gasteiger partial charge in [0.2, 0.25) is 5.88 Å². The second-order valence-corrected chi connectivity index (χ2v) is 4.96. The molecule has 1 fully saturated rings. The van der Waals surface area contributed by atoms with Crippen molar-refractivity contribution in [2.45, 2.75) is 18.8 Å². The highest BCUT2D eigenvalue weighted by molar-refractivity contribution is 6.30. The third-order valence-electron chi connectivity index (χ3n) is 2.89. The molecule has 1 aliphatic rings. The number of hydrogen-bond donors (Lipinski definition) is 2. The zero-order chi connectivity index (χ0) is 13.4. The number of halogens is 1. The van der Waals surface area contributed by atoms with E-state index in [1.54, 1.807) is 18.2 Å². The lowest BCUT2D eigenvalue weighted by Gasteiger charge is -2.08. The number of H-pyrrole nitrogens is 1. The Morgan fingerprint density at radius 2 is 2.16 bits per heavy atom. The minimum Gasteiger partial charge on any atom is -0.437 e. The van der Waals surface area contributed by atoms with Crippen molar-refractivity contribution in [3.63, 3.8) is 0 Å². The van der Waals surface area contributed by atoms with E-state index in [4.69, 9.17) is 22.1 Å². The summed E-state index contributed by atoms with van der Waals surface area (Å²) in [5, 5.41) is 0.530. The third kappa shape index (κ3) is 2.71. The minimum atomic E-state index is -0.223. The molecule has 5 nitrogen and oxygen atoms in total. The summed E-state index contributed by atoms with van der Waals surface area (Å²) in [5.74, 6) is 1.71. The first-order valence-corrected chi connectivity index (χ1v) is 6.34. The van der Waals surface area contributed by atoms with Crippen LogP contribution in [-0.4, -0.2) is 9.97 Å². The fourth-order valence-corrected chi connectivity index (χ4v) is 1.96. The Bertz CT molecular complexity index is 680. The van der Waals surface area contributed by atoms with E-state index in [1.807, 2.05) is 0 Å². The van der Waals surface area contributed by atoms with E-state index in [9.17, 15) is 4.79 Å². The zero-order valence-electron chi connectivity index (χ0n) is 10.0. The van der Waals surface area contributed by atoms with Gasteiger partial charge in [-0.25, -0.2) is 0 Å². The standard InChI is InChI=1S/C13H12ClN3O2/c14-8-3-4-10(9(15)5-8)19-12-6-11(18)16-13(17-12)7-1-2-7/h3-7H,1-2,15H2,(H,16,17,18). The van der Waals surface area contributed by atoms with Gasteiger partial charge >= 0.3 is 0 Å². The number of anilines is 1. The Kier molecular flexibility index (Phi) is 2.91. The molecule has 0 unspecified atom stereocenters. The van der Waals surface area contributed by atoms with Crippen LogP contribution < -0.4 is 16.0 Å². The van der Waals surface area contributed by atoms with E-state index in [-0.39, 0.29) is 11.4 Å². The molecule has 1 aromatic heterocycles.